The van der Waals surface area contributed by atoms with Crippen LogP contribution < -0.4 is 4.74 Å². The Morgan fingerprint density at radius 3 is 2.04 bits per heavy atom. The third kappa shape index (κ3) is 4.89. The number of benzene rings is 3. The molecule has 0 aliphatic heterocycles. The second kappa shape index (κ2) is 8.58. The van der Waals surface area contributed by atoms with Gasteiger partial charge >= 0.3 is 5.97 Å². The Morgan fingerprint density at radius 2 is 1.48 bits per heavy atom. The van der Waals surface area contributed by atoms with Crippen molar-refractivity contribution in [3.8, 4) is 5.75 Å². The summed E-state index contributed by atoms with van der Waals surface area (Å²) >= 11 is 0. The highest BCUT2D eigenvalue weighted by atomic mass is 16.6. The van der Waals surface area contributed by atoms with Gasteiger partial charge in [-0.05, 0) is 28.8 Å². The monoisotopic (exact) mass is 359 g/mol. The van der Waals surface area contributed by atoms with Crippen LogP contribution in [0.4, 0.5) is 0 Å². The highest BCUT2D eigenvalue weighted by Gasteiger charge is 2.24. The Labute approximate surface area is 156 Å². The second-order valence-electron chi connectivity index (χ2n) is 5.85. The van der Waals surface area contributed by atoms with Crippen LogP contribution in [0.2, 0.25) is 0 Å². The summed E-state index contributed by atoms with van der Waals surface area (Å²) in [5.74, 6) is -0.643. The van der Waals surface area contributed by atoms with Crippen molar-refractivity contribution in [1.29, 1.82) is 0 Å². The van der Waals surface area contributed by atoms with Crippen LogP contribution in [-0.2, 0) is 4.79 Å². The largest absolute Gasteiger partial charge is 0.426 e. The molecule has 0 spiro atoms. The molecule has 0 radical (unpaired) electrons. The molecule has 0 fully saturated rings. The van der Waals surface area contributed by atoms with Crippen molar-refractivity contribution in [1.82, 2.24) is 0 Å². The Balaban J connectivity index is 1.88. The van der Waals surface area contributed by atoms with E-state index in [1.807, 2.05) is 60.7 Å². The SMILES string of the molecule is O=C(Oc1cccc(/C=C/[N+](=O)[O-])c1)C(c1ccccc1)c1ccccc1. The molecule has 0 amide bonds. The summed E-state index contributed by atoms with van der Waals surface area (Å²) in [6.45, 7) is 0. The molecule has 0 N–H and O–H groups in total. The zero-order valence-electron chi connectivity index (χ0n) is 14.4. The number of nitrogens with zero attached hydrogens (tertiary/aromatic N) is 1. The number of carbonyl (C=O) groups is 1. The topological polar surface area (TPSA) is 69.4 Å². The van der Waals surface area contributed by atoms with E-state index in [0.717, 1.165) is 17.3 Å². The maximum atomic E-state index is 12.9. The number of hydrogen-bond donors (Lipinski definition) is 0. The smallest absolute Gasteiger partial charge is 0.323 e. The minimum absolute atomic E-state index is 0.336. The highest BCUT2D eigenvalue weighted by Crippen LogP contribution is 2.27. The molecule has 134 valence electrons. The minimum Gasteiger partial charge on any atom is -0.426 e. The molecule has 0 unspecified atom stereocenters. The van der Waals surface area contributed by atoms with E-state index in [9.17, 15) is 14.9 Å². The number of esters is 1. The van der Waals surface area contributed by atoms with Gasteiger partial charge in [0.2, 0.25) is 6.20 Å². The molecular formula is C22H17NO4. The van der Waals surface area contributed by atoms with Gasteiger partial charge in [-0.2, -0.15) is 0 Å². The predicted molar refractivity (Wildman–Crippen MR) is 103 cm³/mol. The van der Waals surface area contributed by atoms with Crippen LogP contribution in [-0.4, -0.2) is 10.9 Å². The quantitative estimate of drug-likeness (QED) is 0.277. The standard InChI is InChI=1S/C22H17NO4/c24-22(27-20-13-7-8-17(16-20)14-15-23(25)26)21(18-9-3-1-4-10-18)19-11-5-2-6-12-19/h1-16,21H/b15-14+. The molecule has 27 heavy (non-hydrogen) atoms. The lowest BCUT2D eigenvalue weighted by Gasteiger charge is -2.17. The number of nitro groups is 1. The minimum atomic E-state index is -0.564. The van der Waals surface area contributed by atoms with Gasteiger partial charge in [-0.3, -0.25) is 14.9 Å². The van der Waals surface area contributed by atoms with Crippen molar-refractivity contribution in [2.75, 3.05) is 0 Å². The molecular weight excluding hydrogens is 342 g/mol. The van der Waals surface area contributed by atoms with Crippen molar-refractivity contribution in [3.63, 3.8) is 0 Å². The average molecular weight is 359 g/mol. The van der Waals surface area contributed by atoms with Gasteiger partial charge in [-0.25, -0.2) is 0 Å². The molecule has 0 aromatic heterocycles. The lowest BCUT2D eigenvalue weighted by atomic mass is 9.91. The molecule has 0 saturated carbocycles. The van der Waals surface area contributed by atoms with Gasteiger partial charge in [0.25, 0.3) is 0 Å². The lowest BCUT2D eigenvalue weighted by molar-refractivity contribution is -0.400. The summed E-state index contributed by atoms with van der Waals surface area (Å²) in [5, 5.41) is 10.5. The van der Waals surface area contributed by atoms with Gasteiger partial charge in [-0.15, -0.1) is 0 Å². The fraction of sp³-hybridized carbons (Fsp3) is 0.0455. The first-order chi connectivity index (χ1) is 13.1. The summed E-state index contributed by atoms with van der Waals surface area (Å²) < 4.78 is 5.59. The first kappa shape index (κ1) is 18.1. The fourth-order valence-corrected chi connectivity index (χ4v) is 2.76. The third-order valence-electron chi connectivity index (χ3n) is 3.97. The van der Waals surface area contributed by atoms with E-state index in [4.69, 9.17) is 4.74 Å². The van der Waals surface area contributed by atoms with Crippen LogP contribution in [0, 0.1) is 10.1 Å². The van der Waals surface area contributed by atoms with E-state index in [1.165, 1.54) is 6.08 Å². The molecule has 5 nitrogen and oxygen atoms in total. The van der Waals surface area contributed by atoms with E-state index in [2.05, 4.69) is 0 Å². The zero-order valence-corrected chi connectivity index (χ0v) is 14.4. The molecule has 5 heteroatoms. The summed E-state index contributed by atoms with van der Waals surface area (Å²) in [6.07, 6.45) is 2.20. The van der Waals surface area contributed by atoms with Crippen molar-refractivity contribution < 1.29 is 14.5 Å². The van der Waals surface area contributed by atoms with Gasteiger partial charge in [-0.1, -0.05) is 72.8 Å². The van der Waals surface area contributed by atoms with E-state index in [1.54, 1.807) is 24.3 Å². The summed E-state index contributed by atoms with van der Waals surface area (Å²) in [7, 11) is 0. The first-order valence-corrected chi connectivity index (χ1v) is 8.37. The van der Waals surface area contributed by atoms with Crippen LogP contribution in [0.25, 0.3) is 6.08 Å². The number of carbonyl (C=O) groups excluding carboxylic acids is 1. The molecule has 0 heterocycles. The molecule has 0 aliphatic carbocycles. The van der Waals surface area contributed by atoms with Crippen LogP contribution in [0.1, 0.15) is 22.6 Å². The normalized spacial score (nSPS) is 10.9. The number of hydrogen-bond acceptors (Lipinski definition) is 4. The molecule has 0 atom stereocenters. The van der Waals surface area contributed by atoms with Gasteiger partial charge in [0.05, 0.1) is 4.92 Å². The number of ether oxygens (including phenoxy) is 1. The molecule has 0 aliphatic rings. The molecule has 3 aromatic carbocycles. The maximum absolute atomic E-state index is 12.9. The van der Waals surface area contributed by atoms with Crippen LogP contribution in [0.3, 0.4) is 0 Å². The Hall–Kier alpha value is -3.73. The highest BCUT2D eigenvalue weighted by molar-refractivity contribution is 5.84. The Kier molecular flexibility index (Phi) is 5.74. The van der Waals surface area contributed by atoms with Gasteiger partial charge < -0.3 is 4.74 Å². The van der Waals surface area contributed by atoms with E-state index in [-0.39, 0.29) is 0 Å². The van der Waals surface area contributed by atoms with Crippen LogP contribution in [0.15, 0.2) is 91.1 Å². The van der Waals surface area contributed by atoms with Gasteiger partial charge in [0, 0.05) is 6.08 Å². The van der Waals surface area contributed by atoms with Crippen molar-refractivity contribution in [2.24, 2.45) is 0 Å². The van der Waals surface area contributed by atoms with Crippen LogP contribution >= 0.6 is 0 Å². The van der Waals surface area contributed by atoms with Gasteiger partial charge in [0.15, 0.2) is 0 Å². The van der Waals surface area contributed by atoms with Crippen molar-refractivity contribution >= 4 is 12.0 Å². The maximum Gasteiger partial charge on any atom is 0.323 e. The lowest BCUT2D eigenvalue weighted by Crippen LogP contribution is -2.20. The van der Waals surface area contributed by atoms with Crippen molar-refractivity contribution in [2.45, 2.75) is 5.92 Å². The third-order valence-corrected chi connectivity index (χ3v) is 3.97. The summed E-state index contributed by atoms with van der Waals surface area (Å²) in [4.78, 5) is 22.9. The van der Waals surface area contributed by atoms with Crippen LogP contribution in [0.5, 0.6) is 5.75 Å². The zero-order chi connectivity index (χ0) is 19.1. The molecule has 0 bridgehead atoms. The van der Waals surface area contributed by atoms with Gasteiger partial charge in [0.1, 0.15) is 11.7 Å². The van der Waals surface area contributed by atoms with E-state index < -0.39 is 16.8 Å². The fourth-order valence-electron chi connectivity index (χ4n) is 2.76. The molecule has 3 aromatic rings. The Bertz CT molecular complexity index is 913. The van der Waals surface area contributed by atoms with Crippen molar-refractivity contribution in [3.05, 3.63) is 118 Å². The van der Waals surface area contributed by atoms with E-state index in [0.29, 0.717) is 11.3 Å². The molecule has 3 rings (SSSR count). The summed E-state index contributed by atoms with van der Waals surface area (Å²) in [5.41, 5.74) is 2.24. The van der Waals surface area contributed by atoms with E-state index >= 15 is 0 Å². The Morgan fingerprint density at radius 1 is 0.889 bits per heavy atom. The second-order valence-corrected chi connectivity index (χ2v) is 5.85. The summed E-state index contributed by atoms with van der Waals surface area (Å²) in [6, 6.07) is 25.4. The number of rotatable bonds is 6. The first-order valence-electron chi connectivity index (χ1n) is 8.37. The predicted octanol–water partition coefficient (Wildman–Crippen LogP) is 4.67. The average Bonchev–Trinajstić information content (AvgIpc) is 2.68. The molecule has 0 saturated heterocycles.